The number of aryl methyl sites for hydroxylation is 3. The van der Waals surface area contributed by atoms with Crippen molar-refractivity contribution in [2.24, 2.45) is 0 Å². The molecule has 0 radical (unpaired) electrons. The second-order valence-corrected chi connectivity index (χ2v) is 5.31. The van der Waals surface area contributed by atoms with Gasteiger partial charge < -0.3 is 5.32 Å². The first-order valence-corrected chi connectivity index (χ1v) is 7.00. The largest absolute Gasteiger partial charge is 0.378 e. The van der Waals surface area contributed by atoms with Gasteiger partial charge in [0.15, 0.2) is 0 Å². The molecule has 19 heavy (non-hydrogen) atoms. The minimum atomic E-state index is 0.378. The summed E-state index contributed by atoms with van der Waals surface area (Å²) < 4.78 is 0. The van der Waals surface area contributed by atoms with Gasteiger partial charge in [0.1, 0.15) is 0 Å². The molecule has 0 fully saturated rings. The van der Waals surface area contributed by atoms with Gasteiger partial charge in [-0.25, -0.2) is 0 Å². The molecule has 0 spiro atoms. The van der Waals surface area contributed by atoms with Crippen molar-refractivity contribution in [3.63, 3.8) is 0 Å². The normalized spacial score (nSPS) is 12.2. The van der Waals surface area contributed by atoms with E-state index >= 15 is 0 Å². The fraction of sp³-hybridized carbons (Fsp3) is 0.333. The molecule has 2 rings (SSSR count). The van der Waals surface area contributed by atoms with Crippen LogP contribution in [0, 0.1) is 20.8 Å². The molecule has 0 saturated heterocycles. The molecule has 2 aromatic rings. The summed E-state index contributed by atoms with van der Waals surface area (Å²) in [4.78, 5) is 0. The average molecular weight is 253 g/mol. The van der Waals surface area contributed by atoms with Crippen LogP contribution in [0.3, 0.4) is 0 Å². The van der Waals surface area contributed by atoms with E-state index in [1.165, 1.54) is 27.9 Å². The molecular formula is C18H23N. The summed E-state index contributed by atoms with van der Waals surface area (Å²) in [6.07, 6.45) is 1.08. The van der Waals surface area contributed by atoms with Gasteiger partial charge in [-0.2, -0.15) is 0 Å². The van der Waals surface area contributed by atoms with Crippen molar-refractivity contribution in [1.82, 2.24) is 0 Å². The second-order valence-electron chi connectivity index (χ2n) is 5.31. The number of nitrogens with one attached hydrogen (secondary N) is 1. The highest BCUT2D eigenvalue weighted by Gasteiger charge is 2.09. The van der Waals surface area contributed by atoms with Gasteiger partial charge in [0.2, 0.25) is 0 Å². The molecule has 1 atom stereocenters. The second kappa shape index (κ2) is 5.92. The molecule has 1 unspecified atom stereocenters. The summed E-state index contributed by atoms with van der Waals surface area (Å²) in [6, 6.07) is 15.8. The lowest BCUT2D eigenvalue weighted by Gasteiger charge is -2.19. The van der Waals surface area contributed by atoms with Crippen LogP contribution in [-0.4, -0.2) is 0 Å². The summed E-state index contributed by atoms with van der Waals surface area (Å²) in [5, 5.41) is 3.63. The molecule has 0 aliphatic heterocycles. The number of anilines is 1. The van der Waals surface area contributed by atoms with Crippen LogP contribution in [0.25, 0.3) is 0 Å². The third-order valence-corrected chi connectivity index (χ3v) is 3.74. The Bertz CT molecular complexity index is 540. The minimum absolute atomic E-state index is 0.378. The Kier molecular flexibility index (Phi) is 4.26. The van der Waals surface area contributed by atoms with E-state index in [4.69, 9.17) is 0 Å². The van der Waals surface area contributed by atoms with E-state index < -0.39 is 0 Å². The molecule has 100 valence electrons. The Labute approximate surface area is 116 Å². The SMILES string of the molecule is CCC(Nc1ccc(C)c(C)c1)c1ccc(C)cc1. The third-order valence-electron chi connectivity index (χ3n) is 3.74. The van der Waals surface area contributed by atoms with E-state index in [0.29, 0.717) is 6.04 Å². The van der Waals surface area contributed by atoms with E-state index in [0.717, 1.165) is 6.42 Å². The van der Waals surface area contributed by atoms with E-state index in [2.05, 4.69) is 75.5 Å². The van der Waals surface area contributed by atoms with Gasteiger partial charge in [0.25, 0.3) is 0 Å². The summed E-state index contributed by atoms with van der Waals surface area (Å²) in [7, 11) is 0. The predicted octanol–water partition coefficient (Wildman–Crippen LogP) is 5.18. The zero-order chi connectivity index (χ0) is 13.8. The van der Waals surface area contributed by atoms with Crippen LogP contribution in [-0.2, 0) is 0 Å². The molecule has 2 aromatic carbocycles. The monoisotopic (exact) mass is 253 g/mol. The van der Waals surface area contributed by atoms with Crippen LogP contribution in [0.1, 0.15) is 41.6 Å². The van der Waals surface area contributed by atoms with Crippen molar-refractivity contribution >= 4 is 5.69 Å². The molecular weight excluding hydrogens is 230 g/mol. The first-order chi connectivity index (χ1) is 9.10. The average Bonchev–Trinajstić information content (AvgIpc) is 2.41. The molecule has 0 aromatic heterocycles. The minimum Gasteiger partial charge on any atom is -0.378 e. The summed E-state index contributed by atoms with van der Waals surface area (Å²) >= 11 is 0. The van der Waals surface area contributed by atoms with Gasteiger partial charge in [0.05, 0.1) is 6.04 Å². The van der Waals surface area contributed by atoms with E-state index in [1.807, 2.05) is 0 Å². The molecule has 0 bridgehead atoms. The lowest BCUT2D eigenvalue weighted by atomic mass is 10.0. The van der Waals surface area contributed by atoms with Crippen LogP contribution in [0.5, 0.6) is 0 Å². The summed E-state index contributed by atoms with van der Waals surface area (Å²) in [5.41, 5.74) is 6.55. The van der Waals surface area contributed by atoms with Gasteiger partial charge >= 0.3 is 0 Å². The summed E-state index contributed by atoms with van der Waals surface area (Å²) in [6.45, 7) is 8.66. The van der Waals surface area contributed by atoms with Gasteiger partial charge in [-0.1, -0.05) is 42.8 Å². The molecule has 0 aliphatic carbocycles. The van der Waals surface area contributed by atoms with Crippen LogP contribution < -0.4 is 5.32 Å². The van der Waals surface area contributed by atoms with Gasteiger partial charge in [-0.3, -0.25) is 0 Å². The smallest absolute Gasteiger partial charge is 0.0511 e. The maximum Gasteiger partial charge on any atom is 0.0511 e. The Morgan fingerprint density at radius 3 is 2.16 bits per heavy atom. The molecule has 0 heterocycles. The zero-order valence-electron chi connectivity index (χ0n) is 12.3. The molecule has 0 aliphatic rings. The summed E-state index contributed by atoms with van der Waals surface area (Å²) in [5.74, 6) is 0. The number of rotatable bonds is 4. The van der Waals surface area contributed by atoms with E-state index in [1.54, 1.807) is 0 Å². The highest BCUT2D eigenvalue weighted by molar-refractivity contribution is 5.49. The first kappa shape index (κ1) is 13.7. The number of hydrogen-bond acceptors (Lipinski definition) is 1. The lowest BCUT2D eigenvalue weighted by Crippen LogP contribution is -2.09. The molecule has 1 nitrogen and oxygen atoms in total. The quantitative estimate of drug-likeness (QED) is 0.792. The van der Waals surface area contributed by atoms with Gasteiger partial charge in [0, 0.05) is 5.69 Å². The van der Waals surface area contributed by atoms with Crippen molar-refractivity contribution < 1.29 is 0 Å². The fourth-order valence-corrected chi connectivity index (χ4v) is 2.25. The Morgan fingerprint density at radius 2 is 1.58 bits per heavy atom. The van der Waals surface area contributed by atoms with Crippen molar-refractivity contribution in [3.05, 3.63) is 64.7 Å². The van der Waals surface area contributed by atoms with Crippen molar-refractivity contribution in [1.29, 1.82) is 0 Å². The van der Waals surface area contributed by atoms with Gasteiger partial charge in [-0.05, 0) is 56.0 Å². The molecule has 1 heteroatoms. The van der Waals surface area contributed by atoms with E-state index in [-0.39, 0.29) is 0 Å². The van der Waals surface area contributed by atoms with Crippen LogP contribution in [0.15, 0.2) is 42.5 Å². The maximum absolute atomic E-state index is 3.63. The maximum atomic E-state index is 3.63. The van der Waals surface area contributed by atoms with Crippen LogP contribution in [0.4, 0.5) is 5.69 Å². The Balaban J connectivity index is 2.18. The highest BCUT2D eigenvalue weighted by atomic mass is 14.9. The Hall–Kier alpha value is -1.76. The Morgan fingerprint density at radius 1 is 0.895 bits per heavy atom. The first-order valence-electron chi connectivity index (χ1n) is 7.00. The standard InChI is InChI=1S/C18H23N/c1-5-18(16-9-6-13(2)7-10-16)19-17-11-8-14(3)15(4)12-17/h6-12,18-19H,5H2,1-4H3. The van der Waals surface area contributed by atoms with Crippen LogP contribution in [0.2, 0.25) is 0 Å². The number of benzene rings is 2. The van der Waals surface area contributed by atoms with Gasteiger partial charge in [-0.15, -0.1) is 0 Å². The topological polar surface area (TPSA) is 12.0 Å². The molecule has 1 N–H and O–H groups in total. The zero-order valence-corrected chi connectivity index (χ0v) is 12.3. The van der Waals surface area contributed by atoms with E-state index in [9.17, 15) is 0 Å². The molecule has 0 amide bonds. The lowest BCUT2D eigenvalue weighted by molar-refractivity contribution is 0.749. The third kappa shape index (κ3) is 3.37. The van der Waals surface area contributed by atoms with Crippen molar-refractivity contribution in [2.75, 3.05) is 5.32 Å². The molecule has 0 saturated carbocycles. The number of hydrogen-bond donors (Lipinski definition) is 1. The predicted molar refractivity (Wildman–Crippen MR) is 83.7 cm³/mol. The van der Waals surface area contributed by atoms with Crippen LogP contribution >= 0.6 is 0 Å². The van der Waals surface area contributed by atoms with Crippen molar-refractivity contribution in [3.8, 4) is 0 Å². The van der Waals surface area contributed by atoms with Crippen molar-refractivity contribution in [2.45, 2.75) is 40.2 Å². The highest BCUT2D eigenvalue weighted by Crippen LogP contribution is 2.24. The fourth-order valence-electron chi connectivity index (χ4n) is 2.25.